The number of hydrogen-bond donors (Lipinski definition) is 0. The Labute approximate surface area is 117 Å². The fourth-order valence-electron chi connectivity index (χ4n) is 2.23. The Kier molecular flexibility index (Phi) is 3.36. The topological polar surface area (TPSA) is 21.1 Å². The molecule has 98 valence electrons. The van der Waals surface area contributed by atoms with Crippen molar-refractivity contribution in [2.24, 2.45) is 0 Å². The molecule has 0 aromatic carbocycles. The van der Waals surface area contributed by atoms with Crippen molar-refractivity contribution < 1.29 is 0 Å². The highest BCUT2D eigenvalue weighted by atomic mass is 32.1. The summed E-state index contributed by atoms with van der Waals surface area (Å²) in [5.41, 5.74) is 2.37. The second-order valence-corrected chi connectivity index (χ2v) is 5.84. The fourth-order valence-corrected chi connectivity index (χ4v) is 2.98. The van der Waals surface area contributed by atoms with Crippen molar-refractivity contribution in [2.75, 3.05) is 20.6 Å². The third-order valence-electron chi connectivity index (χ3n) is 3.21. The van der Waals surface area contributed by atoms with Gasteiger partial charge in [0, 0.05) is 41.3 Å². The molecule has 0 fully saturated rings. The number of pyridine rings is 1. The average molecular weight is 271 g/mol. The third-order valence-corrected chi connectivity index (χ3v) is 4.11. The lowest BCUT2D eigenvalue weighted by Crippen LogP contribution is -2.18. The second kappa shape index (κ2) is 5.15. The monoisotopic (exact) mass is 271 g/mol. The molecule has 0 aliphatic heterocycles. The molecule has 3 nitrogen and oxygen atoms in total. The molecule has 0 saturated heterocycles. The van der Waals surface area contributed by atoms with Gasteiger partial charge in [-0.25, -0.2) is 4.98 Å². The van der Waals surface area contributed by atoms with Crippen LogP contribution in [0.4, 0.5) is 0 Å². The number of hydrogen-bond acceptors (Lipinski definition) is 3. The molecule has 0 unspecified atom stereocenters. The first-order valence-corrected chi connectivity index (χ1v) is 7.26. The molecule has 0 aliphatic rings. The summed E-state index contributed by atoms with van der Waals surface area (Å²) in [7, 11) is 4.19. The van der Waals surface area contributed by atoms with E-state index in [0.717, 1.165) is 18.7 Å². The van der Waals surface area contributed by atoms with Crippen molar-refractivity contribution in [3.8, 4) is 10.4 Å². The van der Waals surface area contributed by atoms with Gasteiger partial charge in [-0.05, 0) is 37.7 Å². The van der Waals surface area contributed by atoms with Gasteiger partial charge in [0.25, 0.3) is 0 Å². The normalized spacial score (nSPS) is 11.5. The first-order valence-electron chi connectivity index (χ1n) is 6.38. The van der Waals surface area contributed by atoms with Gasteiger partial charge in [-0.15, -0.1) is 11.3 Å². The molecule has 0 atom stereocenters. The van der Waals surface area contributed by atoms with E-state index in [1.165, 1.54) is 15.8 Å². The number of likely N-dealkylation sites (N-methyl/N-ethyl adjacent to an activating group) is 1. The van der Waals surface area contributed by atoms with Crippen LogP contribution in [-0.2, 0) is 6.54 Å². The van der Waals surface area contributed by atoms with E-state index in [2.05, 4.69) is 58.3 Å². The smallest absolute Gasteiger partial charge is 0.140 e. The Balaban J connectivity index is 2.08. The van der Waals surface area contributed by atoms with E-state index in [9.17, 15) is 0 Å². The number of nitrogens with zero attached hydrogens (tertiary/aromatic N) is 3. The Morgan fingerprint density at radius 2 is 2.16 bits per heavy atom. The van der Waals surface area contributed by atoms with Crippen LogP contribution >= 0.6 is 11.3 Å². The van der Waals surface area contributed by atoms with E-state index >= 15 is 0 Å². The predicted octanol–water partition coefficient (Wildman–Crippen LogP) is 3.33. The van der Waals surface area contributed by atoms with Crippen LogP contribution in [0.3, 0.4) is 0 Å². The van der Waals surface area contributed by atoms with E-state index in [1.807, 2.05) is 12.3 Å². The molecule has 0 amide bonds. The van der Waals surface area contributed by atoms with Gasteiger partial charge >= 0.3 is 0 Å². The summed E-state index contributed by atoms with van der Waals surface area (Å²) in [6.07, 6.45) is 4.10. The summed E-state index contributed by atoms with van der Waals surface area (Å²) in [4.78, 5) is 8.04. The van der Waals surface area contributed by atoms with Crippen molar-refractivity contribution in [3.05, 3.63) is 42.0 Å². The molecule has 19 heavy (non-hydrogen) atoms. The number of fused-ring (bicyclic) bond motifs is 1. The van der Waals surface area contributed by atoms with Crippen LogP contribution in [0, 0.1) is 0 Å². The number of aromatic nitrogens is 2. The lowest BCUT2D eigenvalue weighted by atomic mass is 10.2. The van der Waals surface area contributed by atoms with Crippen molar-refractivity contribution in [2.45, 2.75) is 6.54 Å². The summed E-state index contributed by atoms with van der Waals surface area (Å²) in [5, 5.41) is 3.36. The van der Waals surface area contributed by atoms with Gasteiger partial charge < -0.3 is 9.47 Å². The lowest BCUT2D eigenvalue weighted by molar-refractivity contribution is 0.386. The maximum absolute atomic E-state index is 4.54. The molecule has 0 saturated carbocycles. The summed E-state index contributed by atoms with van der Waals surface area (Å²) in [6, 6.07) is 8.43. The Morgan fingerprint density at radius 1 is 1.26 bits per heavy atom. The minimum absolute atomic E-state index is 0.964. The molecule has 3 heterocycles. The van der Waals surface area contributed by atoms with Crippen molar-refractivity contribution in [1.29, 1.82) is 0 Å². The van der Waals surface area contributed by atoms with Gasteiger partial charge in [-0.1, -0.05) is 6.07 Å². The zero-order valence-electron chi connectivity index (χ0n) is 11.2. The minimum atomic E-state index is 0.964. The first kappa shape index (κ1) is 12.4. The summed E-state index contributed by atoms with van der Waals surface area (Å²) < 4.78 is 2.25. The van der Waals surface area contributed by atoms with E-state index in [4.69, 9.17) is 0 Å². The van der Waals surface area contributed by atoms with Crippen molar-refractivity contribution in [1.82, 2.24) is 14.5 Å². The van der Waals surface area contributed by atoms with E-state index in [0.29, 0.717) is 0 Å². The van der Waals surface area contributed by atoms with Gasteiger partial charge in [0.05, 0.1) is 0 Å². The molecule has 4 heteroatoms. The van der Waals surface area contributed by atoms with Crippen LogP contribution in [0.1, 0.15) is 0 Å². The molecule has 0 aliphatic carbocycles. The molecular weight excluding hydrogens is 254 g/mol. The quantitative estimate of drug-likeness (QED) is 0.726. The van der Waals surface area contributed by atoms with Crippen LogP contribution in [0.2, 0.25) is 0 Å². The van der Waals surface area contributed by atoms with Crippen LogP contribution in [0.15, 0.2) is 42.0 Å². The van der Waals surface area contributed by atoms with E-state index in [1.54, 1.807) is 11.3 Å². The average Bonchev–Trinajstić information content (AvgIpc) is 3.03. The second-order valence-electron chi connectivity index (χ2n) is 4.89. The maximum atomic E-state index is 4.54. The summed E-state index contributed by atoms with van der Waals surface area (Å²) >= 11 is 1.78. The summed E-state index contributed by atoms with van der Waals surface area (Å²) in [5.74, 6) is 0. The van der Waals surface area contributed by atoms with Crippen molar-refractivity contribution >= 4 is 22.4 Å². The highest BCUT2D eigenvalue weighted by Gasteiger charge is 2.11. The Hall–Kier alpha value is -1.65. The Morgan fingerprint density at radius 3 is 2.89 bits per heavy atom. The largest absolute Gasteiger partial charge is 0.331 e. The molecule has 0 radical (unpaired) electrons. The molecule has 3 aromatic heterocycles. The van der Waals surface area contributed by atoms with Crippen LogP contribution < -0.4 is 0 Å². The Bertz CT molecular complexity index is 668. The molecule has 3 rings (SSSR count). The van der Waals surface area contributed by atoms with Crippen LogP contribution in [-0.4, -0.2) is 35.1 Å². The van der Waals surface area contributed by atoms with Crippen LogP contribution in [0.25, 0.3) is 21.5 Å². The first-order chi connectivity index (χ1) is 9.25. The minimum Gasteiger partial charge on any atom is -0.331 e. The van der Waals surface area contributed by atoms with E-state index in [-0.39, 0.29) is 0 Å². The van der Waals surface area contributed by atoms with Gasteiger partial charge in [0.15, 0.2) is 0 Å². The molecule has 0 N–H and O–H groups in total. The number of rotatable bonds is 4. The van der Waals surface area contributed by atoms with Crippen molar-refractivity contribution in [3.63, 3.8) is 0 Å². The predicted molar refractivity (Wildman–Crippen MR) is 81.6 cm³/mol. The highest BCUT2D eigenvalue weighted by molar-refractivity contribution is 7.13. The van der Waals surface area contributed by atoms with Crippen LogP contribution in [0.5, 0.6) is 0 Å². The lowest BCUT2D eigenvalue weighted by Gasteiger charge is -2.10. The summed E-state index contributed by atoms with van der Waals surface area (Å²) in [6.45, 7) is 1.98. The molecule has 0 bridgehead atoms. The molecule has 3 aromatic rings. The van der Waals surface area contributed by atoms with Gasteiger partial charge in [-0.2, -0.15) is 0 Å². The number of thiophene rings is 1. The molecular formula is C15H17N3S. The van der Waals surface area contributed by atoms with Gasteiger partial charge in [0.2, 0.25) is 0 Å². The third kappa shape index (κ3) is 2.41. The standard InChI is InChI=1S/C15H17N3S/c1-17(2)8-9-18-11-13(14-6-4-10-19-14)12-5-3-7-16-15(12)18/h3-7,10-11H,8-9H2,1-2H3. The highest BCUT2D eigenvalue weighted by Crippen LogP contribution is 2.32. The van der Waals surface area contributed by atoms with Gasteiger partial charge in [-0.3, -0.25) is 0 Å². The molecule has 0 spiro atoms. The SMILES string of the molecule is CN(C)CCn1cc(-c2cccs2)c2cccnc21. The maximum Gasteiger partial charge on any atom is 0.140 e. The van der Waals surface area contributed by atoms with Gasteiger partial charge in [0.1, 0.15) is 5.65 Å². The fraction of sp³-hybridized carbons (Fsp3) is 0.267. The zero-order valence-corrected chi connectivity index (χ0v) is 12.0. The van der Waals surface area contributed by atoms with E-state index < -0.39 is 0 Å². The zero-order chi connectivity index (χ0) is 13.2.